The highest BCUT2D eigenvalue weighted by Crippen LogP contribution is 2.15. The third-order valence-electron chi connectivity index (χ3n) is 2.10. The fourth-order valence-electron chi connectivity index (χ4n) is 1.13. The number of hydrogen-bond donors (Lipinski definition) is 0. The number of nitrogens with zero attached hydrogens (tertiary/aromatic N) is 2. The molecule has 0 atom stereocenters. The first-order valence-electron chi connectivity index (χ1n) is 4.64. The molecule has 0 unspecified atom stereocenters. The van der Waals surface area contributed by atoms with E-state index in [-0.39, 0.29) is 0 Å². The molecule has 0 amide bonds. The first-order valence-corrected chi connectivity index (χ1v) is 5.02. The van der Waals surface area contributed by atoms with Crippen LogP contribution in [0.5, 0.6) is 0 Å². The van der Waals surface area contributed by atoms with Gasteiger partial charge in [-0.2, -0.15) is 0 Å². The van der Waals surface area contributed by atoms with E-state index in [4.69, 9.17) is 11.6 Å². The van der Waals surface area contributed by atoms with Gasteiger partial charge in [0.1, 0.15) is 0 Å². The lowest BCUT2D eigenvalue weighted by molar-refractivity contribution is 0.765. The zero-order chi connectivity index (χ0) is 9.84. The molecule has 0 aliphatic heterocycles. The Labute approximate surface area is 84.4 Å². The summed E-state index contributed by atoms with van der Waals surface area (Å²) in [7, 11) is 0. The van der Waals surface area contributed by atoms with Crippen LogP contribution in [-0.4, -0.2) is 9.97 Å². The third-order valence-corrected chi connectivity index (χ3v) is 2.40. The SMILES string of the molecule is CCCCc1nc(C)c(C)nc1Cl. The molecule has 0 bridgehead atoms. The van der Waals surface area contributed by atoms with Crippen molar-refractivity contribution in [2.45, 2.75) is 40.0 Å². The predicted octanol–water partition coefficient (Wildman–Crippen LogP) is 3.09. The van der Waals surface area contributed by atoms with Gasteiger partial charge in [-0.25, -0.2) is 4.98 Å². The van der Waals surface area contributed by atoms with E-state index in [1.807, 2.05) is 13.8 Å². The molecule has 0 saturated carbocycles. The molecule has 2 nitrogen and oxygen atoms in total. The van der Waals surface area contributed by atoms with Gasteiger partial charge < -0.3 is 0 Å². The summed E-state index contributed by atoms with van der Waals surface area (Å²) in [6, 6.07) is 0. The van der Waals surface area contributed by atoms with Gasteiger partial charge in [0.25, 0.3) is 0 Å². The van der Waals surface area contributed by atoms with Gasteiger partial charge in [-0.05, 0) is 26.7 Å². The molecule has 0 aromatic carbocycles. The van der Waals surface area contributed by atoms with Gasteiger partial charge in [0.05, 0.1) is 17.1 Å². The second kappa shape index (κ2) is 4.56. The van der Waals surface area contributed by atoms with Crippen molar-refractivity contribution in [3.63, 3.8) is 0 Å². The second-order valence-electron chi connectivity index (χ2n) is 3.24. The summed E-state index contributed by atoms with van der Waals surface area (Å²) < 4.78 is 0. The lowest BCUT2D eigenvalue weighted by Gasteiger charge is -2.05. The van der Waals surface area contributed by atoms with E-state index in [9.17, 15) is 0 Å². The smallest absolute Gasteiger partial charge is 0.150 e. The lowest BCUT2D eigenvalue weighted by Crippen LogP contribution is -1.99. The summed E-state index contributed by atoms with van der Waals surface area (Å²) in [4.78, 5) is 8.64. The molecule has 0 N–H and O–H groups in total. The highest BCUT2D eigenvalue weighted by Gasteiger charge is 2.05. The standard InChI is InChI=1S/C10H15ClN2/c1-4-5-6-9-10(11)13-8(3)7(2)12-9/h4-6H2,1-3H3. The zero-order valence-electron chi connectivity index (χ0n) is 8.39. The van der Waals surface area contributed by atoms with Crippen LogP contribution >= 0.6 is 11.6 Å². The quantitative estimate of drug-likeness (QED) is 0.746. The molecule has 0 fully saturated rings. The molecule has 1 heterocycles. The van der Waals surface area contributed by atoms with Crippen LogP contribution < -0.4 is 0 Å². The van der Waals surface area contributed by atoms with Crippen molar-refractivity contribution in [3.8, 4) is 0 Å². The summed E-state index contributed by atoms with van der Waals surface area (Å²) in [6.45, 7) is 6.05. The summed E-state index contributed by atoms with van der Waals surface area (Å²) in [5, 5.41) is 0.566. The van der Waals surface area contributed by atoms with Crippen molar-refractivity contribution >= 4 is 11.6 Å². The van der Waals surface area contributed by atoms with Crippen LogP contribution in [0, 0.1) is 13.8 Å². The summed E-state index contributed by atoms with van der Waals surface area (Å²) in [5.41, 5.74) is 2.84. The molecule has 0 aliphatic carbocycles. The Balaban J connectivity index is 2.88. The van der Waals surface area contributed by atoms with E-state index in [2.05, 4.69) is 16.9 Å². The molecular weight excluding hydrogens is 184 g/mol. The van der Waals surface area contributed by atoms with Gasteiger partial charge in [-0.3, -0.25) is 4.98 Å². The molecule has 0 saturated heterocycles. The fraction of sp³-hybridized carbons (Fsp3) is 0.600. The summed E-state index contributed by atoms with van der Waals surface area (Å²) >= 11 is 5.96. The van der Waals surface area contributed by atoms with Crippen molar-refractivity contribution in [1.29, 1.82) is 0 Å². The Morgan fingerprint density at radius 3 is 2.38 bits per heavy atom. The van der Waals surface area contributed by atoms with Crippen LogP contribution in [0.1, 0.15) is 36.8 Å². The monoisotopic (exact) mass is 198 g/mol. The minimum Gasteiger partial charge on any atom is -0.253 e. The molecule has 0 spiro atoms. The average Bonchev–Trinajstić information content (AvgIpc) is 2.09. The molecule has 1 rings (SSSR count). The van der Waals surface area contributed by atoms with E-state index in [1.165, 1.54) is 0 Å². The van der Waals surface area contributed by atoms with E-state index >= 15 is 0 Å². The molecule has 72 valence electrons. The van der Waals surface area contributed by atoms with Gasteiger partial charge in [-0.1, -0.05) is 24.9 Å². The van der Waals surface area contributed by atoms with Gasteiger partial charge in [0.2, 0.25) is 0 Å². The minimum absolute atomic E-state index is 0.566. The maximum absolute atomic E-state index is 5.96. The normalized spacial score (nSPS) is 10.5. The van der Waals surface area contributed by atoms with Crippen LogP contribution in [0.4, 0.5) is 0 Å². The second-order valence-corrected chi connectivity index (χ2v) is 3.59. The molecule has 1 aromatic rings. The van der Waals surface area contributed by atoms with Crippen molar-refractivity contribution in [1.82, 2.24) is 9.97 Å². The molecule has 13 heavy (non-hydrogen) atoms. The number of rotatable bonds is 3. The Hall–Kier alpha value is -0.630. The van der Waals surface area contributed by atoms with Gasteiger partial charge in [-0.15, -0.1) is 0 Å². The first kappa shape index (κ1) is 10.5. The third kappa shape index (κ3) is 2.66. The highest BCUT2D eigenvalue weighted by atomic mass is 35.5. The van der Waals surface area contributed by atoms with Crippen LogP contribution in [0.3, 0.4) is 0 Å². The predicted molar refractivity (Wildman–Crippen MR) is 55.1 cm³/mol. The highest BCUT2D eigenvalue weighted by molar-refractivity contribution is 6.30. The Kier molecular flexibility index (Phi) is 3.67. The van der Waals surface area contributed by atoms with E-state index in [0.717, 1.165) is 36.3 Å². The first-order chi connectivity index (χ1) is 6.15. The largest absolute Gasteiger partial charge is 0.253 e. The fourth-order valence-corrected chi connectivity index (χ4v) is 1.39. The van der Waals surface area contributed by atoms with Crippen molar-refractivity contribution in [3.05, 3.63) is 22.2 Å². The Morgan fingerprint density at radius 1 is 1.15 bits per heavy atom. The van der Waals surface area contributed by atoms with E-state index in [0.29, 0.717) is 5.15 Å². The molecule has 3 heteroatoms. The number of aryl methyl sites for hydroxylation is 3. The molecule has 0 aliphatic rings. The summed E-state index contributed by atoms with van der Waals surface area (Å²) in [5.74, 6) is 0. The lowest BCUT2D eigenvalue weighted by atomic mass is 10.2. The van der Waals surface area contributed by atoms with E-state index < -0.39 is 0 Å². The van der Waals surface area contributed by atoms with Gasteiger partial charge in [0.15, 0.2) is 5.15 Å². The van der Waals surface area contributed by atoms with Crippen LogP contribution in [-0.2, 0) is 6.42 Å². The van der Waals surface area contributed by atoms with Gasteiger partial charge in [0, 0.05) is 0 Å². The maximum atomic E-state index is 5.96. The maximum Gasteiger partial charge on any atom is 0.150 e. The number of unbranched alkanes of at least 4 members (excludes halogenated alkanes) is 1. The van der Waals surface area contributed by atoms with Crippen LogP contribution in [0.25, 0.3) is 0 Å². The molecule has 1 aromatic heterocycles. The Morgan fingerprint density at radius 2 is 1.77 bits per heavy atom. The van der Waals surface area contributed by atoms with Crippen LogP contribution in [0.2, 0.25) is 5.15 Å². The van der Waals surface area contributed by atoms with E-state index in [1.54, 1.807) is 0 Å². The van der Waals surface area contributed by atoms with Crippen LogP contribution in [0.15, 0.2) is 0 Å². The minimum atomic E-state index is 0.566. The number of aromatic nitrogens is 2. The summed E-state index contributed by atoms with van der Waals surface area (Å²) in [6.07, 6.45) is 3.21. The molecular formula is C10H15ClN2. The number of hydrogen-bond acceptors (Lipinski definition) is 2. The van der Waals surface area contributed by atoms with Crippen molar-refractivity contribution in [2.24, 2.45) is 0 Å². The topological polar surface area (TPSA) is 25.8 Å². The van der Waals surface area contributed by atoms with Crippen molar-refractivity contribution in [2.75, 3.05) is 0 Å². The molecule has 0 radical (unpaired) electrons. The zero-order valence-corrected chi connectivity index (χ0v) is 9.15. The Bertz CT molecular complexity index is 297. The number of halogens is 1. The van der Waals surface area contributed by atoms with Gasteiger partial charge >= 0.3 is 0 Å². The van der Waals surface area contributed by atoms with Crippen molar-refractivity contribution < 1.29 is 0 Å². The average molecular weight is 199 g/mol.